The lowest BCUT2D eigenvalue weighted by Crippen LogP contribution is -2.28. The fourth-order valence-corrected chi connectivity index (χ4v) is 2.95. The van der Waals surface area contributed by atoms with Crippen molar-refractivity contribution in [2.45, 2.75) is 19.9 Å². The zero-order chi connectivity index (χ0) is 18.5. The fraction of sp³-hybridized carbons (Fsp3) is 0.176. The zero-order valence-corrected chi connectivity index (χ0v) is 15.4. The van der Waals surface area contributed by atoms with E-state index in [0.717, 1.165) is 10.4 Å². The molecule has 7 nitrogen and oxygen atoms in total. The normalized spacial score (nSPS) is 10.5. The molecular formula is C17H15ClN4O3S. The maximum Gasteiger partial charge on any atom is 0.268 e. The number of rotatable bonds is 6. The predicted octanol–water partition coefficient (Wildman–Crippen LogP) is 3.40. The molecule has 0 saturated heterocycles. The summed E-state index contributed by atoms with van der Waals surface area (Å²) in [7, 11) is 0. The third-order valence-electron chi connectivity index (χ3n) is 3.44. The van der Waals surface area contributed by atoms with E-state index < -0.39 is 11.8 Å². The van der Waals surface area contributed by atoms with E-state index in [1.807, 2.05) is 24.4 Å². The Balaban J connectivity index is 1.49. The van der Waals surface area contributed by atoms with E-state index in [-0.39, 0.29) is 13.0 Å². The van der Waals surface area contributed by atoms with E-state index in [1.54, 1.807) is 18.2 Å². The largest absolute Gasteiger partial charge is 0.348 e. The van der Waals surface area contributed by atoms with Crippen LogP contribution in [-0.2, 0) is 16.1 Å². The molecule has 0 bridgehead atoms. The number of hydrogen-bond acceptors (Lipinski definition) is 6. The minimum Gasteiger partial charge on any atom is -0.348 e. The Morgan fingerprint density at radius 3 is 2.88 bits per heavy atom. The molecule has 0 unspecified atom stereocenters. The van der Waals surface area contributed by atoms with E-state index in [1.165, 1.54) is 11.3 Å². The van der Waals surface area contributed by atoms with E-state index in [4.69, 9.17) is 16.1 Å². The molecule has 2 aromatic heterocycles. The lowest BCUT2D eigenvalue weighted by molar-refractivity contribution is -0.126. The van der Waals surface area contributed by atoms with Gasteiger partial charge < -0.3 is 15.2 Å². The second kappa shape index (κ2) is 8.11. The van der Waals surface area contributed by atoms with Crippen LogP contribution in [0.3, 0.4) is 0 Å². The molecule has 2 amide bonds. The van der Waals surface area contributed by atoms with Crippen molar-refractivity contribution in [1.29, 1.82) is 0 Å². The molecule has 0 aliphatic rings. The first-order chi connectivity index (χ1) is 12.5. The Bertz CT molecular complexity index is 924. The molecule has 1 aromatic carbocycles. The summed E-state index contributed by atoms with van der Waals surface area (Å²) >= 11 is 7.39. The van der Waals surface area contributed by atoms with Crippen LogP contribution in [0.15, 0.2) is 40.2 Å². The number of nitrogens with one attached hydrogen (secondary N) is 2. The number of benzene rings is 1. The molecular weight excluding hydrogens is 376 g/mol. The molecule has 9 heteroatoms. The van der Waals surface area contributed by atoms with Crippen molar-refractivity contribution in [1.82, 2.24) is 15.5 Å². The number of carbonyl (C=O) groups excluding carboxylic acids is 2. The highest BCUT2D eigenvalue weighted by molar-refractivity contribution is 7.13. The standard InChI is InChI=1S/C17H15ClN4O3S/c1-10-4-5-11(18)7-12(10)20-16(24)8-15(23)19-9-14-21-17(25-22-14)13-3-2-6-26-13/h2-7H,8-9H2,1H3,(H,19,23)(H,20,24). The molecule has 0 saturated carbocycles. The molecule has 0 radical (unpaired) electrons. The SMILES string of the molecule is Cc1ccc(Cl)cc1NC(=O)CC(=O)NCc1noc(-c2cccs2)n1. The Morgan fingerprint density at radius 2 is 2.12 bits per heavy atom. The topological polar surface area (TPSA) is 97.1 Å². The summed E-state index contributed by atoms with van der Waals surface area (Å²) in [4.78, 5) is 29.0. The molecule has 0 atom stereocenters. The van der Waals surface area contributed by atoms with Gasteiger partial charge in [-0.05, 0) is 36.1 Å². The van der Waals surface area contributed by atoms with Crippen LogP contribution in [0, 0.1) is 6.92 Å². The molecule has 3 rings (SSSR count). The maximum atomic E-state index is 12.0. The van der Waals surface area contributed by atoms with Gasteiger partial charge in [-0.25, -0.2) is 0 Å². The monoisotopic (exact) mass is 390 g/mol. The Labute approximate surface area is 158 Å². The summed E-state index contributed by atoms with van der Waals surface area (Å²) in [6.45, 7) is 1.92. The third-order valence-corrected chi connectivity index (χ3v) is 4.53. The van der Waals surface area contributed by atoms with Gasteiger partial charge in [0.05, 0.1) is 11.4 Å². The lowest BCUT2D eigenvalue weighted by Gasteiger charge is -2.08. The highest BCUT2D eigenvalue weighted by atomic mass is 35.5. The van der Waals surface area contributed by atoms with Crippen LogP contribution >= 0.6 is 22.9 Å². The van der Waals surface area contributed by atoms with Crippen LogP contribution < -0.4 is 10.6 Å². The summed E-state index contributed by atoms with van der Waals surface area (Å²) in [5.74, 6) is -0.129. The summed E-state index contributed by atoms with van der Waals surface area (Å²) in [6, 6.07) is 8.90. The van der Waals surface area contributed by atoms with Crippen molar-refractivity contribution < 1.29 is 14.1 Å². The van der Waals surface area contributed by atoms with Gasteiger partial charge in [0, 0.05) is 10.7 Å². The van der Waals surface area contributed by atoms with Crippen LogP contribution in [0.25, 0.3) is 10.8 Å². The number of anilines is 1. The Morgan fingerprint density at radius 1 is 1.27 bits per heavy atom. The van der Waals surface area contributed by atoms with E-state index in [2.05, 4.69) is 20.8 Å². The molecule has 0 fully saturated rings. The maximum absolute atomic E-state index is 12.0. The first-order valence-corrected chi connectivity index (χ1v) is 8.96. The van der Waals surface area contributed by atoms with Gasteiger partial charge in [0.15, 0.2) is 5.82 Å². The first kappa shape index (κ1) is 18.1. The van der Waals surface area contributed by atoms with Gasteiger partial charge in [0.1, 0.15) is 6.42 Å². The number of aromatic nitrogens is 2. The third kappa shape index (κ3) is 4.68. The van der Waals surface area contributed by atoms with Crippen LogP contribution in [0.5, 0.6) is 0 Å². The average Bonchev–Trinajstić information content (AvgIpc) is 3.27. The second-order valence-electron chi connectivity index (χ2n) is 5.45. The number of thiophene rings is 1. The highest BCUT2D eigenvalue weighted by Crippen LogP contribution is 2.22. The summed E-state index contributed by atoms with van der Waals surface area (Å²) in [5, 5.41) is 11.5. The van der Waals surface area contributed by atoms with Crippen molar-refractivity contribution in [3.8, 4) is 10.8 Å². The van der Waals surface area contributed by atoms with Crippen molar-refractivity contribution >= 4 is 40.4 Å². The number of nitrogens with zero attached hydrogens (tertiary/aromatic N) is 2. The van der Waals surface area contributed by atoms with Crippen molar-refractivity contribution in [2.75, 3.05) is 5.32 Å². The summed E-state index contributed by atoms with van der Waals surface area (Å²) in [6.07, 6.45) is -0.318. The molecule has 2 N–H and O–H groups in total. The molecule has 0 aliphatic heterocycles. The second-order valence-corrected chi connectivity index (χ2v) is 6.84. The number of aryl methyl sites for hydroxylation is 1. The van der Waals surface area contributed by atoms with Gasteiger partial charge in [-0.3, -0.25) is 9.59 Å². The number of carbonyl (C=O) groups is 2. The van der Waals surface area contributed by atoms with Crippen LogP contribution in [-0.4, -0.2) is 22.0 Å². The molecule has 26 heavy (non-hydrogen) atoms. The van der Waals surface area contributed by atoms with Crippen LogP contribution in [0.4, 0.5) is 5.69 Å². The first-order valence-electron chi connectivity index (χ1n) is 7.70. The molecule has 2 heterocycles. The number of hydrogen-bond donors (Lipinski definition) is 2. The predicted molar refractivity (Wildman–Crippen MR) is 98.9 cm³/mol. The molecule has 134 valence electrons. The quantitative estimate of drug-likeness (QED) is 0.628. The van der Waals surface area contributed by atoms with Crippen LogP contribution in [0.2, 0.25) is 5.02 Å². The fourth-order valence-electron chi connectivity index (χ4n) is 2.14. The van der Waals surface area contributed by atoms with Gasteiger partial charge in [0.25, 0.3) is 5.89 Å². The van der Waals surface area contributed by atoms with Gasteiger partial charge >= 0.3 is 0 Å². The van der Waals surface area contributed by atoms with Crippen molar-refractivity contribution in [3.05, 3.63) is 52.1 Å². The van der Waals surface area contributed by atoms with E-state index >= 15 is 0 Å². The molecule has 0 spiro atoms. The smallest absolute Gasteiger partial charge is 0.268 e. The summed E-state index contributed by atoms with van der Waals surface area (Å²) in [5.41, 5.74) is 1.44. The van der Waals surface area contributed by atoms with E-state index in [0.29, 0.717) is 22.4 Å². The minimum atomic E-state index is -0.440. The van der Waals surface area contributed by atoms with Gasteiger partial charge in [0.2, 0.25) is 11.8 Å². The molecule has 3 aromatic rings. The van der Waals surface area contributed by atoms with Gasteiger partial charge in [-0.2, -0.15) is 4.98 Å². The zero-order valence-electron chi connectivity index (χ0n) is 13.8. The Kier molecular flexibility index (Phi) is 5.65. The van der Waals surface area contributed by atoms with E-state index in [9.17, 15) is 9.59 Å². The Hall–Kier alpha value is -2.71. The number of halogens is 1. The average molecular weight is 391 g/mol. The van der Waals surface area contributed by atoms with Crippen LogP contribution in [0.1, 0.15) is 17.8 Å². The number of amides is 2. The highest BCUT2D eigenvalue weighted by Gasteiger charge is 2.13. The summed E-state index contributed by atoms with van der Waals surface area (Å²) < 4.78 is 5.13. The minimum absolute atomic E-state index is 0.0805. The van der Waals surface area contributed by atoms with Gasteiger partial charge in [-0.1, -0.05) is 28.9 Å². The van der Waals surface area contributed by atoms with Gasteiger partial charge in [-0.15, -0.1) is 11.3 Å². The molecule has 0 aliphatic carbocycles. The van der Waals surface area contributed by atoms with Crippen molar-refractivity contribution in [2.24, 2.45) is 0 Å². The van der Waals surface area contributed by atoms with Crippen molar-refractivity contribution in [3.63, 3.8) is 0 Å². The lowest BCUT2D eigenvalue weighted by atomic mass is 10.2.